The molecule has 0 aliphatic heterocycles. The number of hydrogen-bond acceptors (Lipinski definition) is 4. The molecule has 8 heteroatoms. The zero-order valence-corrected chi connectivity index (χ0v) is 18.1. The second-order valence-electron chi connectivity index (χ2n) is 6.06. The summed E-state index contributed by atoms with van der Waals surface area (Å²) < 4.78 is 7.97. The van der Waals surface area contributed by atoms with E-state index in [1.165, 1.54) is 11.8 Å². The van der Waals surface area contributed by atoms with Gasteiger partial charge in [0.2, 0.25) is 0 Å². The van der Waals surface area contributed by atoms with Crippen molar-refractivity contribution in [3.8, 4) is 5.75 Å². The Balaban J connectivity index is 1.72. The van der Waals surface area contributed by atoms with E-state index in [1.807, 2.05) is 61.9 Å². The molecule has 2 aromatic carbocycles. The SMILES string of the molecule is Cc1cc(Cl)ccc1OC(C)c1nnc(SCc2c(Cl)cccc2Cl)n1C. The van der Waals surface area contributed by atoms with Crippen LogP contribution in [0.5, 0.6) is 5.75 Å². The van der Waals surface area contributed by atoms with Crippen LogP contribution >= 0.6 is 46.6 Å². The smallest absolute Gasteiger partial charge is 0.191 e. The molecule has 0 saturated heterocycles. The third kappa shape index (κ3) is 4.72. The number of ether oxygens (including phenoxy) is 1. The second-order valence-corrected chi connectivity index (χ2v) is 8.25. The van der Waals surface area contributed by atoms with Crippen molar-refractivity contribution in [2.75, 3.05) is 0 Å². The summed E-state index contributed by atoms with van der Waals surface area (Å²) in [5.74, 6) is 2.11. The van der Waals surface area contributed by atoms with Gasteiger partial charge >= 0.3 is 0 Å². The zero-order valence-electron chi connectivity index (χ0n) is 15.0. The number of nitrogens with zero attached hydrogens (tertiary/aromatic N) is 3. The number of benzene rings is 2. The van der Waals surface area contributed by atoms with Gasteiger partial charge in [0.1, 0.15) is 5.75 Å². The molecule has 0 aliphatic carbocycles. The van der Waals surface area contributed by atoms with Crippen LogP contribution in [0.1, 0.15) is 30.0 Å². The molecule has 3 rings (SSSR count). The highest BCUT2D eigenvalue weighted by Crippen LogP contribution is 2.32. The van der Waals surface area contributed by atoms with Crippen molar-refractivity contribution in [3.63, 3.8) is 0 Å². The van der Waals surface area contributed by atoms with Crippen molar-refractivity contribution >= 4 is 46.6 Å². The van der Waals surface area contributed by atoms with Gasteiger partial charge in [-0.1, -0.05) is 52.6 Å². The number of hydrogen-bond donors (Lipinski definition) is 0. The van der Waals surface area contributed by atoms with Crippen LogP contribution in [0.15, 0.2) is 41.6 Å². The molecule has 1 unspecified atom stereocenters. The lowest BCUT2D eigenvalue weighted by molar-refractivity contribution is 0.210. The summed E-state index contributed by atoms with van der Waals surface area (Å²) in [7, 11) is 1.92. The Morgan fingerprint density at radius 2 is 1.81 bits per heavy atom. The fourth-order valence-corrected chi connectivity index (χ4v) is 4.49. The highest BCUT2D eigenvalue weighted by Gasteiger charge is 2.18. The molecule has 0 fully saturated rings. The highest BCUT2D eigenvalue weighted by molar-refractivity contribution is 7.98. The Kier molecular flexibility index (Phi) is 6.58. The normalized spacial score (nSPS) is 12.2. The third-order valence-electron chi connectivity index (χ3n) is 4.08. The van der Waals surface area contributed by atoms with Gasteiger partial charge in [-0.15, -0.1) is 10.2 Å². The molecule has 4 nitrogen and oxygen atoms in total. The average molecular weight is 443 g/mol. The van der Waals surface area contributed by atoms with Crippen molar-refractivity contribution in [3.05, 3.63) is 68.4 Å². The first-order chi connectivity index (χ1) is 12.9. The monoisotopic (exact) mass is 441 g/mol. The third-order valence-corrected chi connectivity index (χ3v) is 6.07. The minimum atomic E-state index is -0.263. The fourth-order valence-electron chi connectivity index (χ4n) is 2.60. The predicted molar refractivity (Wildman–Crippen MR) is 112 cm³/mol. The predicted octanol–water partition coefficient (Wildman–Crippen LogP) is 6.52. The maximum absolute atomic E-state index is 6.24. The van der Waals surface area contributed by atoms with E-state index in [-0.39, 0.29) is 6.10 Å². The van der Waals surface area contributed by atoms with E-state index in [9.17, 15) is 0 Å². The molecule has 27 heavy (non-hydrogen) atoms. The van der Waals surface area contributed by atoms with Gasteiger partial charge in [0.05, 0.1) is 0 Å². The molecule has 3 aromatic rings. The van der Waals surface area contributed by atoms with Crippen LogP contribution in [0.4, 0.5) is 0 Å². The molecule has 1 atom stereocenters. The van der Waals surface area contributed by atoms with Crippen LogP contribution in [-0.2, 0) is 12.8 Å². The molecular weight excluding hydrogens is 425 g/mol. The lowest BCUT2D eigenvalue weighted by Gasteiger charge is -2.16. The van der Waals surface area contributed by atoms with E-state index < -0.39 is 0 Å². The molecule has 0 saturated carbocycles. The largest absolute Gasteiger partial charge is 0.482 e. The fraction of sp³-hybridized carbons (Fsp3) is 0.263. The molecule has 142 valence electrons. The van der Waals surface area contributed by atoms with Gasteiger partial charge in [-0.3, -0.25) is 0 Å². The van der Waals surface area contributed by atoms with Crippen LogP contribution < -0.4 is 4.74 Å². The van der Waals surface area contributed by atoms with Crippen molar-refractivity contribution in [1.29, 1.82) is 0 Å². The Hall–Kier alpha value is -1.40. The van der Waals surface area contributed by atoms with Gasteiger partial charge in [-0.05, 0) is 55.3 Å². The van der Waals surface area contributed by atoms with Crippen molar-refractivity contribution in [2.45, 2.75) is 30.9 Å². The first kappa shape index (κ1) is 20.3. The highest BCUT2D eigenvalue weighted by atomic mass is 35.5. The van der Waals surface area contributed by atoms with E-state index in [0.717, 1.165) is 27.9 Å². The van der Waals surface area contributed by atoms with Crippen LogP contribution in [-0.4, -0.2) is 14.8 Å². The summed E-state index contributed by atoms with van der Waals surface area (Å²) in [5.41, 5.74) is 1.86. The molecule has 0 aliphatic rings. The van der Waals surface area contributed by atoms with E-state index in [0.29, 0.717) is 20.8 Å². The Morgan fingerprint density at radius 3 is 2.48 bits per heavy atom. The van der Waals surface area contributed by atoms with Crippen molar-refractivity contribution in [1.82, 2.24) is 14.8 Å². The van der Waals surface area contributed by atoms with Gasteiger partial charge < -0.3 is 9.30 Å². The number of thioether (sulfide) groups is 1. The standard InChI is InChI=1S/C19H18Cl3N3OS/c1-11-9-13(20)7-8-17(11)26-12(2)18-23-24-19(25(18)3)27-10-14-15(21)5-4-6-16(14)22/h4-9,12H,10H2,1-3H3. The summed E-state index contributed by atoms with van der Waals surface area (Å²) in [6.07, 6.45) is -0.263. The topological polar surface area (TPSA) is 39.9 Å². The molecular formula is C19H18Cl3N3OS. The minimum Gasteiger partial charge on any atom is -0.482 e. The molecule has 1 heterocycles. The maximum Gasteiger partial charge on any atom is 0.191 e. The summed E-state index contributed by atoms with van der Waals surface area (Å²) in [5, 5.41) is 11.3. The molecule has 0 radical (unpaired) electrons. The quantitative estimate of drug-likeness (QED) is 0.408. The van der Waals surface area contributed by atoms with E-state index >= 15 is 0 Å². The van der Waals surface area contributed by atoms with Crippen LogP contribution in [0.3, 0.4) is 0 Å². The average Bonchev–Trinajstić information content (AvgIpc) is 2.98. The molecule has 0 amide bonds. The maximum atomic E-state index is 6.24. The van der Waals surface area contributed by atoms with Gasteiger partial charge in [0.25, 0.3) is 0 Å². The van der Waals surface area contributed by atoms with E-state index in [1.54, 1.807) is 0 Å². The first-order valence-electron chi connectivity index (χ1n) is 8.24. The Labute approximate surface area is 177 Å². The summed E-state index contributed by atoms with van der Waals surface area (Å²) in [4.78, 5) is 0. The van der Waals surface area contributed by atoms with Crippen molar-refractivity contribution in [2.24, 2.45) is 7.05 Å². The van der Waals surface area contributed by atoms with Gasteiger partial charge in [0, 0.05) is 27.9 Å². The second kappa shape index (κ2) is 8.74. The zero-order chi connectivity index (χ0) is 19.6. The summed E-state index contributed by atoms with van der Waals surface area (Å²) in [6.45, 7) is 3.90. The molecule has 1 aromatic heterocycles. The van der Waals surface area contributed by atoms with Gasteiger partial charge in [0.15, 0.2) is 17.1 Å². The Bertz CT molecular complexity index is 941. The molecule has 0 bridgehead atoms. The Morgan fingerprint density at radius 1 is 1.11 bits per heavy atom. The van der Waals surface area contributed by atoms with Crippen LogP contribution in [0, 0.1) is 6.92 Å². The summed E-state index contributed by atoms with van der Waals surface area (Å²) in [6, 6.07) is 11.0. The number of aryl methyl sites for hydroxylation is 1. The lowest BCUT2D eigenvalue weighted by atomic mass is 10.2. The molecule has 0 N–H and O–H groups in total. The van der Waals surface area contributed by atoms with Gasteiger partial charge in [-0.25, -0.2) is 0 Å². The number of rotatable bonds is 6. The summed E-state index contributed by atoms with van der Waals surface area (Å²) >= 11 is 20.0. The van der Waals surface area contributed by atoms with Crippen molar-refractivity contribution < 1.29 is 4.74 Å². The van der Waals surface area contributed by atoms with Crippen LogP contribution in [0.2, 0.25) is 15.1 Å². The number of aromatic nitrogens is 3. The van der Waals surface area contributed by atoms with Gasteiger partial charge in [-0.2, -0.15) is 0 Å². The number of halogens is 3. The van der Waals surface area contributed by atoms with Crippen LogP contribution in [0.25, 0.3) is 0 Å². The first-order valence-corrected chi connectivity index (χ1v) is 10.4. The minimum absolute atomic E-state index is 0.263. The molecule has 0 spiro atoms. The lowest BCUT2D eigenvalue weighted by Crippen LogP contribution is -2.10. The van der Waals surface area contributed by atoms with E-state index in [2.05, 4.69) is 10.2 Å². The van der Waals surface area contributed by atoms with E-state index in [4.69, 9.17) is 39.5 Å².